The number of aliphatic hydroxyl groups is 2. The molecule has 0 amide bonds. The molecule has 710 valence electrons. The molecule has 2 fully saturated rings. The Labute approximate surface area is 731 Å². The van der Waals surface area contributed by atoms with Gasteiger partial charge in [0.1, 0.15) is 48.4 Å². The van der Waals surface area contributed by atoms with Crippen molar-refractivity contribution in [3.8, 4) is 0 Å². The van der Waals surface area contributed by atoms with Gasteiger partial charge in [0.15, 0.2) is 45.7 Å². The fourth-order valence-electron chi connectivity index (χ4n) is 13.7. The predicted molar refractivity (Wildman–Crippen MR) is 473 cm³/mol. The number of alkyl halides is 1. The summed E-state index contributed by atoms with van der Waals surface area (Å²) in [4.78, 5) is 106. The van der Waals surface area contributed by atoms with Gasteiger partial charge in [0.25, 0.3) is 15.6 Å². The third kappa shape index (κ3) is 45.0. The minimum absolute atomic E-state index is 0.00535. The lowest BCUT2D eigenvalue weighted by atomic mass is 10.2. The number of anilines is 2. The number of nitrogens with two attached hydrogens (primary N) is 2. The van der Waals surface area contributed by atoms with Crippen molar-refractivity contribution in [3.05, 3.63) is 25.3 Å². The van der Waals surface area contributed by atoms with Crippen LogP contribution in [0.4, 0.5) is 11.6 Å². The first-order valence-corrected chi connectivity index (χ1v) is 54.0. The maximum atomic E-state index is 13.0. The lowest BCUT2D eigenvalue weighted by molar-refractivity contribution is -0.900. The Kier molecular flexibility index (Phi) is 63.3. The monoisotopic (exact) mass is 1840 g/mol. The highest BCUT2D eigenvalue weighted by molar-refractivity contribution is 7.93. The van der Waals surface area contributed by atoms with Gasteiger partial charge in [-0.25, -0.2) is 29.9 Å². The molecule has 0 aromatic carbocycles. The Hall–Kier alpha value is -2.62. The molecule has 6 heterocycles. The molecule has 2 saturated heterocycles. The van der Waals surface area contributed by atoms with E-state index in [0.29, 0.717) is 0 Å². The van der Waals surface area contributed by atoms with Crippen LogP contribution in [0.25, 0.3) is 22.3 Å². The minimum atomic E-state index is -7.40. The van der Waals surface area contributed by atoms with Crippen LogP contribution in [-0.4, -0.2) is 194 Å². The highest BCUT2D eigenvalue weighted by Gasteiger charge is 2.60. The summed E-state index contributed by atoms with van der Waals surface area (Å²) in [7, 11) is -35.0. The standard InChI is InChI=1S/C21H30ClN10O19P5.5C12H27N/c22-21(52(35,36)37,53(38,39)50-55(42,43)46-3-11-9(33)1-13(48-11)31-7-29-15-17(23)25-5-27-19(15)31)54(40,41)51-56(44,45)47-4-12-10(34)2-14(49-12)32-8-30-16-18(24)26-6-28-20(16)32;5*1-4-7-10-13(11-8-5-2)12-9-6-3/h5-14,33-34H,1-4H2,(H,38,39)(H,40,41)(H,42,43)(H,44,45)(H2,23,25,27)(H2,24,26,28)(H2,35,36,37);5*4-12H2,1-3H3/t9-,10-,11+,12+,13+,14+;;;;;/m0...../s1. The maximum absolute atomic E-state index is 13.0. The summed E-state index contributed by atoms with van der Waals surface area (Å²) in [5, 5.41) is 20.8. The summed E-state index contributed by atoms with van der Waals surface area (Å²) in [6, 6.07) is 0. The number of imidazole rings is 2. The van der Waals surface area contributed by atoms with Crippen LogP contribution in [0.3, 0.4) is 0 Å². The van der Waals surface area contributed by atoms with Crippen molar-refractivity contribution in [2.45, 2.75) is 350 Å². The summed E-state index contributed by atoms with van der Waals surface area (Å²) >= 11 is 5.34. The normalized spacial score (nSPS) is 19.6. The number of nitrogen functional groups attached to an aromatic ring is 2. The van der Waals surface area contributed by atoms with Gasteiger partial charge in [0.05, 0.1) is 136 Å². The van der Waals surface area contributed by atoms with Gasteiger partial charge in [0.2, 0.25) is 4.10 Å². The Morgan fingerprint density at radius 3 is 0.793 bits per heavy atom. The zero-order valence-corrected chi connectivity index (χ0v) is 81.9. The first kappa shape index (κ1) is 116. The van der Waals surface area contributed by atoms with Gasteiger partial charge < -0.3 is 108 Å². The number of aromatic nitrogens is 8. The second kappa shape index (κ2) is 65.9. The molecule has 40 heteroatoms. The molecule has 2 aliphatic heterocycles. The number of nitrogens with one attached hydrogen (secondary N) is 5. The van der Waals surface area contributed by atoms with Crippen molar-refractivity contribution in [1.82, 2.24) is 39.0 Å². The van der Waals surface area contributed by atoms with Gasteiger partial charge in [-0.05, 0) is 96.3 Å². The predicted octanol–water partition coefficient (Wildman–Crippen LogP) is 7.99. The minimum Gasteiger partial charge on any atom is -0.777 e. The van der Waals surface area contributed by atoms with Gasteiger partial charge in [-0.2, -0.15) is 0 Å². The third-order valence-electron chi connectivity index (χ3n) is 21.3. The van der Waals surface area contributed by atoms with Gasteiger partial charge >= 0.3 is 0 Å². The van der Waals surface area contributed by atoms with Gasteiger partial charge in [-0.15, -0.1) is 0 Å². The van der Waals surface area contributed by atoms with Crippen molar-refractivity contribution in [2.24, 2.45) is 0 Å². The van der Waals surface area contributed by atoms with E-state index in [9.17, 15) is 62.4 Å². The van der Waals surface area contributed by atoms with E-state index in [0.717, 1.165) is 12.7 Å². The van der Waals surface area contributed by atoms with Crippen LogP contribution in [0.2, 0.25) is 0 Å². The Bertz CT molecular complexity index is 3150. The second-order valence-electron chi connectivity index (χ2n) is 32.1. The van der Waals surface area contributed by atoms with E-state index < -0.39 is 92.6 Å². The molecule has 0 radical (unpaired) electrons. The van der Waals surface area contributed by atoms with Crippen LogP contribution in [0.15, 0.2) is 25.3 Å². The third-order valence-corrected chi connectivity index (χ3v) is 34.0. The molecule has 4 aromatic rings. The summed E-state index contributed by atoms with van der Waals surface area (Å²) in [6.07, 6.45) is 37.0. The summed E-state index contributed by atoms with van der Waals surface area (Å²) in [5.74, 6) is -0.0107. The van der Waals surface area contributed by atoms with Crippen LogP contribution in [-0.2, 0) is 50.0 Å². The number of phosphoric ester groups is 2. The van der Waals surface area contributed by atoms with Gasteiger partial charge in [-0.3, -0.25) is 26.9 Å². The number of phosphoric acid groups is 2. The van der Waals surface area contributed by atoms with E-state index in [-0.39, 0.29) is 46.8 Å². The fraction of sp³-hybridized carbons (Fsp3) is 0.877. The lowest BCUT2D eigenvalue weighted by Gasteiger charge is -2.51. The molecule has 0 bridgehead atoms. The van der Waals surface area contributed by atoms with E-state index in [4.69, 9.17) is 32.5 Å². The van der Waals surface area contributed by atoms with E-state index in [1.807, 2.05) is 24.5 Å². The highest BCUT2D eigenvalue weighted by atomic mass is 35.5. The number of hydrogen-bond acceptors (Lipinski definition) is 26. The Balaban J connectivity index is 0.000000904. The number of hydrogen-bond donors (Lipinski definition) is 10. The molecular formula is C81H165ClN15O19P5. The number of nitrogens with zero attached hydrogens (tertiary/aromatic N) is 8. The number of fused-ring (bicyclic) bond motifs is 2. The van der Waals surface area contributed by atoms with Gasteiger partial charge in [-0.1, -0.05) is 212 Å². The van der Waals surface area contributed by atoms with E-state index >= 15 is 0 Å². The van der Waals surface area contributed by atoms with E-state index in [1.54, 1.807) is 0 Å². The van der Waals surface area contributed by atoms with Crippen molar-refractivity contribution >= 4 is 84.0 Å². The average molecular weight is 1840 g/mol. The summed E-state index contributed by atoms with van der Waals surface area (Å²) in [5.41, 5.74) is 12.0. The molecule has 4 aromatic heterocycles. The number of ether oxygens (including phenoxy) is 2. The number of halogens is 1. The molecule has 34 nitrogen and oxygen atoms in total. The van der Waals surface area contributed by atoms with Crippen LogP contribution < -0.4 is 60.4 Å². The lowest BCUT2D eigenvalue weighted by Crippen LogP contribution is -3.12. The number of aliphatic hydroxyl groups excluding tert-OH is 2. The van der Waals surface area contributed by atoms with Crippen molar-refractivity contribution in [3.63, 3.8) is 0 Å². The molecule has 11 atom stereocenters. The molecular weight excluding hydrogens is 1680 g/mol. The molecule has 121 heavy (non-hydrogen) atoms. The quantitative estimate of drug-likeness (QED) is 0.0148. The van der Waals surface area contributed by atoms with Crippen LogP contribution in [0, 0.1) is 0 Å². The van der Waals surface area contributed by atoms with Crippen LogP contribution >= 0.6 is 50.0 Å². The Morgan fingerprint density at radius 1 is 0.397 bits per heavy atom. The van der Waals surface area contributed by atoms with E-state index in [2.05, 4.69) is 151 Å². The number of unbranched alkanes of at least 4 members (excludes halogenated alkanes) is 15. The number of rotatable bonds is 60. The number of quaternary nitrogens is 5. The van der Waals surface area contributed by atoms with Crippen molar-refractivity contribution in [2.75, 3.05) is 123 Å². The summed E-state index contributed by atoms with van der Waals surface area (Å²) < 4.78 is 87.6. The zero-order chi connectivity index (χ0) is 90.9. The molecule has 0 aliphatic carbocycles. The topological polar surface area (TPSA) is 478 Å². The zero-order valence-electron chi connectivity index (χ0n) is 76.6. The molecule has 0 saturated carbocycles. The summed E-state index contributed by atoms with van der Waals surface area (Å²) in [6.45, 7) is 52.8. The SMILES string of the molecule is CCCC[NH+](CCCC)CCCC.CCCC[NH+](CCCC)CCCC.CCCC[NH+](CCCC)CCCC.CCCC[NH+](CCCC)CCCC.CCCC[NH+](CCCC)CCCC.Nc1ncnc2c1ncn2[C@H]1C[C@H](O)[C@@H](COP(=O)([O-])OP(=O)([O-])C(Cl)(P(=O)([O-])O)P(=O)([O-])OP(=O)([O-])OC[C@H]2O[C@@H](n3cnc4c(N)ncnc43)C[C@@H]2O)O1. The van der Waals surface area contributed by atoms with Crippen molar-refractivity contribution in [1.29, 1.82) is 0 Å². The maximum Gasteiger partial charge on any atom is 0.272 e. The van der Waals surface area contributed by atoms with Crippen LogP contribution in [0.1, 0.15) is 322 Å². The average Bonchev–Trinajstić information content (AvgIpc) is 1.42. The largest absolute Gasteiger partial charge is 0.777 e. The Morgan fingerprint density at radius 2 is 0.603 bits per heavy atom. The molecule has 2 aliphatic rings. The molecule has 12 N–H and O–H groups in total. The first-order chi connectivity index (χ1) is 57.6. The highest BCUT2D eigenvalue weighted by Crippen LogP contribution is 2.87. The van der Waals surface area contributed by atoms with E-state index in [1.165, 1.54) is 313 Å². The fourth-order valence-corrected chi connectivity index (χ4v) is 23.2. The second-order valence-corrected chi connectivity index (χ2v) is 43.1. The molecule has 6 rings (SSSR count). The van der Waals surface area contributed by atoms with Crippen molar-refractivity contribution < 1.29 is 114 Å². The molecule has 5 unspecified atom stereocenters. The van der Waals surface area contributed by atoms with Crippen LogP contribution in [0.5, 0.6) is 0 Å². The molecule has 0 spiro atoms. The smallest absolute Gasteiger partial charge is 0.272 e. The first-order valence-electron chi connectivity index (χ1n) is 46.0. The van der Waals surface area contributed by atoms with Gasteiger partial charge in [0, 0.05) is 12.8 Å².